The standard InChI is InChI=1S/C31H60O3Si/c1-6-7-22-30(2,3)26-31(4,5)23-24-35-32-27-20-18-16-14-12-10-8-9-11-13-15-17-19-21-28(33-35)29(25-27)34-35/h27-29H,6-26H2,1-5H3. The largest absolute Gasteiger partial charge is 0.501 e. The van der Waals surface area contributed by atoms with Gasteiger partial charge < -0.3 is 13.3 Å². The summed E-state index contributed by atoms with van der Waals surface area (Å²) >= 11 is 0. The molecule has 4 atom stereocenters. The van der Waals surface area contributed by atoms with Crippen LogP contribution >= 0.6 is 0 Å². The van der Waals surface area contributed by atoms with Gasteiger partial charge in [0.15, 0.2) is 0 Å². The molecule has 3 nitrogen and oxygen atoms in total. The number of rotatable bonds is 8. The molecule has 3 fully saturated rings. The van der Waals surface area contributed by atoms with Crippen LogP contribution in [0.1, 0.15) is 163 Å². The number of hydrogen-bond donors (Lipinski definition) is 0. The number of fused-ring (bicyclic) bond motifs is 2. The second kappa shape index (κ2) is 14.3. The van der Waals surface area contributed by atoms with Crippen molar-refractivity contribution in [1.82, 2.24) is 0 Å². The Kier molecular flexibility index (Phi) is 12.1. The molecule has 2 saturated heterocycles. The van der Waals surface area contributed by atoms with Crippen LogP contribution in [0.25, 0.3) is 0 Å². The van der Waals surface area contributed by atoms with Crippen molar-refractivity contribution >= 4 is 8.80 Å². The quantitative estimate of drug-likeness (QED) is 0.305. The first kappa shape index (κ1) is 29.6. The van der Waals surface area contributed by atoms with Crippen molar-refractivity contribution in [2.24, 2.45) is 10.8 Å². The summed E-state index contributed by atoms with van der Waals surface area (Å²) in [6, 6.07) is 1.01. The minimum absolute atomic E-state index is 0.287. The number of unbranched alkanes of at least 4 members (excludes halogenated alkanes) is 1. The molecule has 0 radical (unpaired) electrons. The van der Waals surface area contributed by atoms with Crippen molar-refractivity contribution in [3.05, 3.63) is 0 Å². The zero-order valence-corrected chi connectivity index (χ0v) is 25.3. The van der Waals surface area contributed by atoms with E-state index in [4.69, 9.17) is 13.3 Å². The maximum atomic E-state index is 6.85. The van der Waals surface area contributed by atoms with Crippen LogP contribution in [0, 0.1) is 10.8 Å². The summed E-state index contributed by atoms with van der Waals surface area (Å²) in [4.78, 5) is 0. The Balaban J connectivity index is 1.59. The van der Waals surface area contributed by atoms with Crippen molar-refractivity contribution in [2.75, 3.05) is 0 Å². The van der Waals surface area contributed by atoms with Gasteiger partial charge in [0.1, 0.15) is 0 Å². The van der Waals surface area contributed by atoms with Gasteiger partial charge in [-0.1, -0.05) is 125 Å². The Morgan fingerprint density at radius 3 is 1.74 bits per heavy atom. The maximum Gasteiger partial charge on any atom is 0.501 e. The molecule has 4 unspecified atom stereocenters. The minimum atomic E-state index is -2.56. The van der Waals surface area contributed by atoms with Crippen LogP contribution in [-0.4, -0.2) is 27.1 Å². The molecule has 2 aliphatic heterocycles. The average molecular weight is 509 g/mol. The van der Waals surface area contributed by atoms with Gasteiger partial charge in [-0.15, -0.1) is 0 Å². The summed E-state index contributed by atoms with van der Waals surface area (Å²) in [5.74, 6) is 0. The Labute approximate surface area is 220 Å². The van der Waals surface area contributed by atoms with E-state index in [1.807, 2.05) is 0 Å². The van der Waals surface area contributed by atoms with E-state index in [9.17, 15) is 0 Å². The first-order valence-corrected chi connectivity index (χ1v) is 17.7. The van der Waals surface area contributed by atoms with Crippen LogP contribution in [0.5, 0.6) is 0 Å². The molecule has 3 bridgehead atoms. The third kappa shape index (κ3) is 10.4. The van der Waals surface area contributed by atoms with E-state index in [-0.39, 0.29) is 6.10 Å². The molecule has 3 aliphatic rings. The van der Waals surface area contributed by atoms with Gasteiger partial charge >= 0.3 is 8.80 Å². The van der Waals surface area contributed by atoms with E-state index in [1.165, 1.54) is 116 Å². The predicted octanol–water partition coefficient (Wildman–Crippen LogP) is 10.00. The maximum absolute atomic E-state index is 6.85. The van der Waals surface area contributed by atoms with Crippen molar-refractivity contribution in [3.8, 4) is 0 Å². The van der Waals surface area contributed by atoms with E-state index in [0.717, 1.165) is 18.9 Å². The molecule has 0 aromatic heterocycles. The lowest BCUT2D eigenvalue weighted by Gasteiger charge is -2.38. The Morgan fingerprint density at radius 1 is 0.629 bits per heavy atom. The van der Waals surface area contributed by atoms with E-state index < -0.39 is 8.80 Å². The van der Waals surface area contributed by atoms with E-state index in [1.54, 1.807) is 0 Å². The highest BCUT2D eigenvalue weighted by Gasteiger charge is 2.58. The smallest absolute Gasteiger partial charge is 0.370 e. The normalized spacial score (nSPS) is 32.3. The molecule has 35 heavy (non-hydrogen) atoms. The van der Waals surface area contributed by atoms with Crippen LogP contribution < -0.4 is 0 Å². The van der Waals surface area contributed by atoms with Crippen molar-refractivity contribution in [3.63, 3.8) is 0 Å². The summed E-state index contributed by atoms with van der Waals surface area (Å²) in [7, 11) is -2.56. The van der Waals surface area contributed by atoms with Crippen LogP contribution in [0.2, 0.25) is 6.04 Å². The van der Waals surface area contributed by atoms with Crippen molar-refractivity contribution in [2.45, 2.75) is 187 Å². The molecule has 1 saturated carbocycles. The van der Waals surface area contributed by atoms with E-state index >= 15 is 0 Å². The molecule has 1 aliphatic carbocycles. The van der Waals surface area contributed by atoms with Crippen LogP contribution in [0.3, 0.4) is 0 Å². The highest BCUT2D eigenvalue weighted by molar-refractivity contribution is 6.61. The minimum Gasteiger partial charge on any atom is -0.370 e. The Bertz CT molecular complexity index is 588. The molecule has 0 aromatic rings. The lowest BCUT2D eigenvalue weighted by Crippen LogP contribution is -2.49. The first-order chi connectivity index (χ1) is 16.7. The van der Waals surface area contributed by atoms with Crippen LogP contribution in [0.4, 0.5) is 0 Å². The highest BCUT2D eigenvalue weighted by Crippen LogP contribution is 2.46. The van der Waals surface area contributed by atoms with Gasteiger partial charge in [-0.2, -0.15) is 0 Å². The van der Waals surface area contributed by atoms with Crippen molar-refractivity contribution in [1.29, 1.82) is 0 Å². The van der Waals surface area contributed by atoms with Crippen LogP contribution in [-0.2, 0) is 13.3 Å². The van der Waals surface area contributed by atoms with Gasteiger partial charge in [-0.3, -0.25) is 0 Å². The topological polar surface area (TPSA) is 27.7 Å². The molecule has 206 valence electrons. The van der Waals surface area contributed by atoms with E-state index in [0.29, 0.717) is 23.0 Å². The summed E-state index contributed by atoms with van der Waals surface area (Å²) in [6.07, 6.45) is 27.5. The predicted molar refractivity (Wildman–Crippen MR) is 151 cm³/mol. The van der Waals surface area contributed by atoms with Crippen LogP contribution in [0.15, 0.2) is 0 Å². The van der Waals surface area contributed by atoms with Gasteiger partial charge in [-0.25, -0.2) is 0 Å². The molecule has 4 heteroatoms. The van der Waals surface area contributed by atoms with Crippen molar-refractivity contribution < 1.29 is 13.3 Å². The fourth-order valence-electron chi connectivity index (χ4n) is 7.16. The average Bonchev–Trinajstić information content (AvgIpc) is 3.05. The van der Waals surface area contributed by atoms with Gasteiger partial charge in [0.25, 0.3) is 0 Å². The molecule has 0 amide bonds. The monoisotopic (exact) mass is 508 g/mol. The fourth-order valence-corrected chi connectivity index (χ4v) is 10.8. The molecule has 0 spiro atoms. The third-order valence-electron chi connectivity index (χ3n) is 8.95. The lowest BCUT2D eigenvalue weighted by atomic mass is 9.71. The third-order valence-corrected chi connectivity index (χ3v) is 11.8. The lowest BCUT2D eigenvalue weighted by molar-refractivity contribution is 0.00631. The summed E-state index contributed by atoms with van der Waals surface area (Å²) in [5.41, 5.74) is 0.695. The summed E-state index contributed by atoms with van der Waals surface area (Å²) in [6.45, 7) is 12.2. The molecule has 2 heterocycles. The summed E-state index contributed by atoms with van der Waals surface area (Å²) in [5, 5.41) is 0. The molecule has 0 N–H and O–H groups in total. The highest BCUT2D eigenvalue weighted by atomic mass is 28.4. The molecular weight excluding hydrogens is 448 g/mol. The second-order valence-electron chi connectivity index (χ2n) is 13.9. The fraction of sp³-hybridized carbons (Fsp3) is 1.00. The van der Waals surface area contributed by atoms with Gasteiger partial charge in [0, 0.05) is 12.5 Å². The number of hydrogen-bond acceptors (Lipinski definition) is 3. The molecule has 3 rings (SSSR count). The SMILES string of the molecule is CCCCC(C)(C)CC(C)(C)CC[Si]12OC3CCCCCCCCCCCCCCC(O1)C(C3)O2. The van der Waals surface area contributed by atoms with E-state index in [2.05, 4.69) is 34.6 Å². The first-order valence-electron chi connectivity index (χ1n) is 15.8. The Hall–Kier alpha value is 0.0969. The summed E-state index contributed by atoms with van der Waals surface area (Å²) < 4.78 is 20.4. The molecular formula is C31H60O3Si. The second-order valence-corrected chi connectivity index (χ2v) is 16.5. The zero-order valence-electron chi connectivity index (χ0n) is 24.3. The van der Waals surface area contributed by atoms with Gasteiger partial charge in [0.2, 0.25) is 0 Å². The zero-order chi connectivity index (χ0) is 25.2. The van der Waals surface area contributed by atoms with Gasteiger partial charge in [0.05, 0.1) is 18.3 Å². The van der Waals surface area contributed by atoms with Gasteiger partial charge in [-0.05, 0) is 42.9 Å². The Morgan fingerprint density at radius 2 is 1.14 bits per heavy atom. The molecule has 0 aromatic carbocycles.